The van der Waals surface area contributed by atoms with Crippen molar-refractivity contribution < 1.29 is 0 Å². The zero-order valence-corrected chi connectivity index (χ0v) is 17.3. The molecule has 1 aliphatic heterocycles. The van der Waals surface area contributed by atoms with E-state index in [2.05, 4.69) is 61.1 Å². The van der Waals surface area contributed by atoms with Crippen LogP contribution in [0.15, 0.2) is 35.0 Å². The fourth-order valence-corrected chi connectivity index (χ4v) is 5.15. The largest absolute Gasteiger partial charge is 0.301 e. The van der Waals surface area contributed by atoms with E-state index in [0.29, 0.717) is 6.42 Å². The second-order valence-electron chi connectivity index (χ2n) is 7.99. The summed E-state index contributed by atoms with van der Waals surface area (Å²) in [4.78, 5) is 5.03. The van der Waals surface area contributed by atoms with Gasteiger partial charge in [-0.25, -0.2) is 0 Å². The number of benzene rings is 1. The summed E-state index contributed by atoms with van der Waals surface area (Å²) < 4.78 is 0. The maximum Gasteiger partial charge on any atom is 0.0970 e. The van der Waals surface area contributed by atoms with Crippen LogP contribution in [0.3, 0.4) is 0 Å². The van der Waals surface area contributed by atoms with Crippen LogP contribution in [0.4, 0.5) is 0 Å². The van der Waals surface area contributed by atoms with Gasteiger partial charge in [-0.15, -0.1) is 0 Å². The highest BCUT2D eigenvalue weighted by atomic mass is 32.1. The highest BCUT2D eigenvalue weighted by Gasteiger charge is 2.26. The Morgan fingerprint density at radius 3 is 2.79 bits per heavy atom. The van der Waals surface area contributed by atoms with E-state index in [1.807, 2.05) is 0 Å². The average molecular weight is 404 g/mol. The van der Waals surface area contributed by atoms with Gasteiger partial charge in [0.2, 0.25) is 0 Å². The van der Waals surface area contributed by atoms with Crippen molar-refractivity contribution in [3.05, 3.63) is 51.7 Å². The van der Waals surface area contributed by atoms with Gasteiger partial charge in [-0.1, -0.05) is 12.1 Å². The lowest BCUT2D eigenvalue weighted by Crippen LogP contribution is -2.46. The molecule has 5 rings (SSSR count). The lowest BCUT2D eigenvalue weighted by Gasteiger charge is -2.34. The number of thiophene rings is 1. The zero-order chi connectivity index (χ0) is 19.6. The summed E-state index contributed by atoms with van der Waals surface area (Å²) in [6.07, 6.45) is 2.62. The fraction of sp³-hybridized carbons (Fsp3) is 0.391. The molecule has 0 unspecified atom stereocenters. The van der Waals surface area contributed by atoms with Crippen molar-refractivity contribution in [1.29, 1.82) is 5.26 Å². The number of aromatic amines is 1. The van der Waals surface area contributed by atoms with Gasteiger partial charge >= 0.3 is 0 Å². The van der Waals surface area contributed by atoms with Crippen molar-refractivity contribution in [2.45, 2.75) is 25.8 Å². The van der Waals surface area contributed by atoms with Crippen LogP contribution in [0.5, 0.6) is 0 Å². The predicted octanol–water partition coefficient (Wildman–Crippen LogP) is 4.13. The van der Waals surface area contributed by atoms with Gasteiger partial charge in [0, 0.05) is 67.6 Å². The van der Waals surface area contributed by atoms with E-state index in [-0.39, 0.29) is 0 Å². The lowest BCUT2D eigenvalue weighted by atomic mass is 10.0. The Hall–Kier alpha value is -2.46. The van der Waals surface area contributed by atoms with Crippen LogP contribution in [-0.2, 0) is 13.0 Å². The highest BCUT2D eigenvalue weighted by Crippen LogP contribution is 2.40. The molecule has 5 nitrogen and oxygen atoms in total. The smallest absolute Gasteiger partial charge is 0.0970 e. The standard InChI is InChI=1S/C23H25N5S/c24-6-1-2-7-27-8-10-28(11-9-27)15-17-3-4-18-14-21-22(19-5-12-29-16-19)25-26-23(21)20(18)13-17/h3-5,12-13,16H,1-2,7-11,14-15H2,(H,25,26). The molecule has 1 fully saturated rings. The molecular formula is C23H25N5S. The first-order chi connectivity index (χ1) is 14.3. The van der Waals surface area contributed by atoms with E-state index in [0.717, 1.165) is 57.8 Å². The molecule has 148 valence electrons. The number of nitrogens with zero attached hydrogens (tertiary/aromatic N) is 4. The Morgan fingerprint density at radius 1 is 1.14 bits per heavy atom. The summed E-state index contributed by atoms with van der Waals surface area (Å²) in [5.74, 6) is 0. The lowest BCUT2D eigenvalue weighted by molar-refractivity contribution is 0.126. The molecule has 1 aliphatic carbocycles. The summed E-state index contributed by atoms with van der Waals surface area (Å²) in [6.45, 7) is 6.45. The molecule has 6 heteroatoms. The minimum Gasteiger partial charge on any atom is -0.301 e. The minimum atomic E-state index is 0.666. The Morgan fingerprint density at radius 2 is 2.00 bits per heavy atom. The van der Waals surface area contributed by atoms with Crippen molar-refractivity contribution in [3.8, 4) is 28.6 Å². The van der Waals surface area contributed by atoms with Crippen molar-refractivity contribution >= 4 is 11.3 Å². The summed E-state index contributed by atoms with van der Waals surface area (Å²) in [5, 5.41) is 20.9. The number of aromatic nitrogens is 2. The molecule has 2 aliphatic rings. The quantitative estimate of drug-likeness (QED) is 0.492. The van der Waals surface area contributed by atoms with Gasteiger partial charge in [-0.05, 0) is 41.6 Å². The van der Waals surface area contributed by atoms with Crippen LogP contribution in [0.2, 0.25) is 0 Å². The molecule has 0 atom stereocenters. The van der Waals surface area contributed by atoms with Crippen LogP contribution in [0.25, 0.3) is 22.5 Å². The van der Waals surface area contributed by atoms with Gasteiger partial charge in [0.05, 0.1) is 17.5 Å². The van der Waals surface area contributed by atoms with E-state index in [4.69, 9.17) is 5.26 Å². The Kier molecular flexibility index (Phi) is 5.19. The van der Waals surface area contributed by atoms with Gasteiger partial charge in [-0.3, -0.25) is 10.00 Å². The third-order valence-electron chi connectivity index (χ3n) is 6.11. The first-order valence-electron chi connectivity index (χ1n) is 10.4. The first-order valence-corrected chi connectivity index (χ1v) is 11.3. The molecule has 0 spiro atoms. The predicted molar refractivity (Wildman–Crippen MR) is 117 cm³/mol. The van der Waals surface area contributed by atoms with Crippen molar-refractivity contribution in [2.24, 2.45) is 0 Å². The SMILES string of the molecule is N#CCCCN1CCN(Cc2ccc3c(c2)-c2[nH]nc(-c4ccsc4)c2C3)CC1. The van der Waals surface area contributed by atoms with Crippen molar-refractivity contribution in [3.63, 3.8) is 0 Å². The number of hydrogen-bond acceptors (Lipinski definition) is 5. The second kappa shape index (κ2) is 8.11. The number of H-pyrrole nitrogens is 1. The number of hydrogen-bond donors (Lipinski definition) is 1. The Balaban J connectivity index is 1.26. The van der Waals surface area contributed by atoms with E-state index >= 15 is 0 Å². The molecule has 1 N–H and O–H groups in total. The summed E-state index contributed by atoms with van der Waals surface area (Å²) >= 11 is 1.72. The van der Waals surface area contributed by atoms with Crippen molar-refractivity contribution in [1.82, 2.24) is 20.0 Å². The van der Waals surface area contributed by atoms with Crippen molar-refractivity contribution in [2.75, 3.05) is 32.7 Å². The third kappa shape index (κ3) is 3.74. The first kappa shape index (κ1) is 18.6. The molecule has 2 aromatic heterocycles. The Bertz CT molecular complexity index is 1020. The molecule has 0 saturated carbocycles. The number of fused-ring (bicyclic) bond motifs is 3. The third-order valence-corrected chi connectivity index (χ3v) is 6.79. The van der Waals surface area contributed by atoms with Gasteiger partial charge in [-0.2, -0.15) is 21.7 Å². The number of rotatable bonds is 6. The molecule has 0 radical (unpaired) electrons. The molecule has 1 aromatic carbocycles. The van der Waals surface area contributed by atoms with Gasteiger partial charge < -0.3 is 4.90 Å². The maximum absolute atomic E-state index is 8.70. The van der Waals surface area contributed by atoms with Crippen LogP contribution < -0.4 is 0 Å². The highest BCUT2D eigenvalue weighted by molar-refractivity contribution is 7.08. The summed E-state index contributed by atoms with van der Waals surface area (Å²) in [6, 6.07) is 11.3. The topological polar surface area (TPSA) is 59.0 Å². The van der Waals surface area contributed by atoms with Gasteiger partial charge in [0.1, 0.15) is 0 Å². The Labute approximate surface area is 175 Å². The van der Waals surface area contributed by atoms with Gasteiger partial charge in [0.25, 0.3) is 0 Å². The number of nitriles is 1. The summed E-state index contributed by atoms with van der Waals surface area (Å²) in [5.41, 5.74) is 8.95. The molecule has 0 amide bonds. The molecule has 29 heavy (non-hydrogen) atoms. The monoisotopic (exact) mass is 403 g/mol. The average Bonchev–Trinajstić information content (AvgIpc) is 3.46. The van der Waals surface area contributed by atoms with Crippen LogP contribution in [0.1, 0.15) is 29.5 Å². The molecule has 0 bridgehead atoms. The molecular weight excluding hydrogens is 378 g/mol. The fourth-order valence-electron chi connectivity index (χ4n) is 4.51. The second-order valence-corrected chi connectivity index (χ2v) is 8.77. The summed E-state index contributed by atoms with van der Waals surface area (Å²) in [7, 11) is 0. The van der Waals surface area contributed by atoms with Gasteiger partial charge in [0.15, 0.2) is 0 Å². The normalized spacial score (nSPS) is 16.5. The van der Waals surface area contributed by atoms with E-state index < -0.39 is 0 Å². The minimum absolute atomic E-state index is 0.666. The number of nitrogens with one attached hydrogen (secondary N) is 1. The molecule has 3 aromatic rings. The number of unbranched alkanes of at least 4 members (excludes halogenated alkanes) is 1. The van der Waals surface area contributed by atoms with Crippen LogP contribution in [0, 0.1) is 11.3 Å². The van der Waals surface area contributed by atoms with E-state index in [1.54, 1.807) is 11.3 Å². The molecule has 3 heterocycles. The molecule has 1 saturated heterocycles. The number of piperazine rings is 1. The van der Waals surface area contributed by atoms with E-state index in [1.165, 1.54) is 33.5 Å². The maximum atomic E-state index is 8.70. The van der Waals surface area contributed by atoms with Crippen LogP contribution >= 0.6 is 11.3 Å². The zero-order valence-electron chi connectivity index (χ0n) is 16.5. The van der Waals surface area contributed by atoms with Crippen LogP contribution in [-0.4, -0.2) is 52.7 Å². The van der Waals surface area contributed by atoms with E-state index in [9.17, 15) is 0 Å².